The largest absolute Gasteiger partial charge is 0.394 e. The van der Waals surface area contributed by atoms with Gasteiger partial charge >= 0.3 is 0 Å². The highest BCUT2D eigenvalue weighted by Gasteiger charge is 2.20. The van der Waals surface area contributed by atoms with Gasteiger partial charge < -0.3 is 20.6 Å². The average molecular weight is 899 g/mol. The predicted molar refractivity (Wildman–Crippen MR) is 282 cm³/mol. The Kier molecular flexibility index (Phi) is 52.5. The van der Waals surface area contributed by atoms with Gasteiger partial charge in [0.25, 0.3) is 0 Å². The van der Waals surface area contributed by atoms with Crippen LogP contribution in [-0.2, 0) is 4.79 Å². The summed E-state index contributed by atoms with van der Waals surface area (Å²) in [6, 6.07) is -0.769. The van der Waals surface area contributed by atoms with Crippen molar-refractivity contribution in [3.63, 3.8) is 0 Å². The second kappa shape index (κ2) is 53.9. The molecule has 0 aromatic heterocycles. The maximum Gasteiger partial charge on any atom is 0.222 e. The van der Waals surface area contributed by atoms with E-state index in [1.165, 1.54) is 231 Å². The Morgan fingerprint density at radius 2 is 0.672 bits per heavy atom. The topological polar surface area (TPSA) is 89.8 Å². The summed E-state index contributed by atoms with van der Waals surface area (Å²) in [4.78, 5) is 12.5. The van der Waals surface area contributed by atoms with Crippen LogP contribution in [0.1, 0.15) is 296 Å². The van der Waals surface area contributed by atoms with Gasteiger partial charge in [0.2, 0.25) is 5.91 Å². The molecule has 376 valence electrons. The number of nitrogens with one attached hydrogen (secondary N) is 1. The van der Waals surface area contributed by atoms with Crippen LogP contribution in [0, 0.1) is 0 Å². The lowest BCUT2D eigenvalue weighted by Gasteiger charge is -2.21. The highest BCUT2D eigenvalue weighted by Crippen LogP contribution is 2.17. The molecular formula is C59H111NO4. The molecule has 0 fully saturated rings. The summed E-state index contributed by atoms with van der Waals surface area (Å²) in [5.74, 6) is -0.327. The van der Waals surface area contributed by atoms with E-state index in [4.69, 9.17) is 0 Å². The number of aliphatic hydroxyl groups is 3. The van der Waals surface area contributed by atoms with Crippen LogP contribution in [0.15, 0.2) is 48.6 Å². The molecule has 5 heteroatoms. The minimum Gasteiger partial charge on any atom is -0.394 e. The van der Waals surface area contributed by atoms with Crippen LogP contribution in [-0.4, -0.2) is 46.1 Å². The van der Waals surface area contributed by atoms with Gasteiger partial charge in [0.05, 0.1) is 31.3 Å². The molecule has 0 aromatic rings. The standard InChI is InChI=1S/C59H111NO4/c1-3-5-7-9-11-13-15-17-19-21-23-25-26-27-28-29-30-31-33-34-36-38-40-42-44-46-48-50-52-56(62)54-59(64)60-57(55-61)58(63)53-51-49-47-45-43-41-39-37-35-32-24-22-20-18-16-14-12-10-8-6-4-2/h27-28,35,37,43,45,51,53,56-58,61-63H,3-26,29-34,36,38-42,44,46-50,52,54-55H2,1-2H3,(H,60,64)/b28-27-,37-35+,45-43+,53-51+. The summed E-state index contributed by atoms with van der Waals surface area (Å²) < 4.78 is 0. The lowest BCUT2D eigenvalue weighted by molar-refractivity contribution is -0.124. The van der Waals surface area contributed by atoms with E-state index in [-0.39, 0.29) is 18.9 Å². The molecule has 0 spiro atoms. The Bertz CT molecular complexity index is 1040. The van der Waals surface area contributed by atoms with Gasteiger partial charge in [0, 0.05) is 0 Å². The lowest BCUT2D eigenvalue weighted by Crippen LogP contribution is -2.45. The number of hydrogen-bond donors (Lipinski definition) is 4. The zero-order valence-corrected chi connectivity index (χ0v) is 42.9. The molecule has 0 aliphatic heterocycles. The van der Waals surface area contributed by atoms with Crippen molar-refractivity contribution in [2.45, 2.75) is 315 Å². The van der Waals surface area contributed by atoms with E-state index in [0.717, 1.165) is 38.5 Å². The molecule has 1 amide bonds. The number of aliphatic hydroxyl groups excluding tert-OH is 3. The van der Waals surface area contributed by atoms with Crippen LogP contribution in [0.4, 0.5) is 0 Å². The Hall–Kier alpha value is -1.69. The van der Waals surface area contributed by atoms with Crippen molar-refractivity contribution in [1.82, 2.24) is 5.32 Å². The van der Waals surface area contributed by atoms with Crippen molar-refractivity contribution in [2.75, 3.05) is 6.61 Å². The summed E-state index contributed by atoms with van der Waals surface area (Å²) in [5, 5.41) is 33.4. The first-order valence-corrected chi connectivity index (χ1v) is 28.4. The predicted octanol–water partition coefficient (Wildman–Crippen LogP) is 17.6. The fraction of sp³-hybridized carbons (Fsp3) is 0.847. The fourth-order valence-electron chi connectivity index (χ4n) is 8.72. The van der Waals surface area contributed by atoms with E-state index in [0.29, 0.717) is 6.42 Å². The van der Waals surface area contributed by atoms with Gasteiger partial charge in [-0.1, -0.05) is 268 Å². The third-order valence-corrected chi connectivity index (χ3v) is 13.1. The molecule has 0 saturated heterocycles. The van der Waals surface area contributed by atoms with Crippen molar-refractivity contribution in [2.24, 2.45) is 0 Å². The highest BCUT2D eigenvalue weighted by molar-refractivity contribution is 5.76. The molecule has 0 bridgehead atoms. The SMILES string of the molecule is CCCCCCCCCCCCC/C=C/CC/C=C/CC/C=C/C(O)C(CO)NC(=O)CC(O)CCCCCCCCCCCCCC/C=C\CCCCCCCCCCCCCC. The molecule has 64 heavy (non-hydrogen) atoms. The number of unbranched alkanes of at least 4 members (excludes halogenated alkanes) is 37. The second-order valence-corrected chi connectivity index (χ2v) is 19.5. The van der Waals surface area contributed by atoms with Crippen LogP contribution in [0.2, 0.25) is 0 Å². The number of carbonyl (C=O) groups is 1. The maximum atomic E-state index is 12.5. The summed E-state index contributed by atoms with van der Waals surface area (Å²) in [6.07, 6.45) is 71.6. The quantitative estimate of drug-likeness (QED) is 0.0362. The molecule has 0 rings (SSSR count). The molecule has 0 aliphatic carbocycles. The summed E-state index contributed by atoms with van der Waals surface area (Å²) >= 11 is 0. The van der Waals surface area contributed by atoms with Gasteiger partial charge in [-0.3, -0.25) is 4.79 Å². The van der Waals surface area contributed by atoms with Crippen LogP contribution in [0.25, 0.3) is 0 Å². The van der Waals surface area contributed by atoms with Crippen LogP contribution in [0.3, 0.4) is 0 Å². The number of hydrogen-bond acceptors (Lipinski definition) is 4. The third-order valence-electron chi connectivity index (χ3n) is 13.1. The molecule has 0 radical (unpaired) electrons. The van der Waals surface area contributed by atoms with E-state index in [9.17, 15) is 20.1 Å². The van der Waals surface area contributed by atoms with Crippen LogP contribution >= 0.6 is 0 Å². The van der Waals surface area contributed by atoms with E-state index < -0.39 is 18.2 Å². The van der Waals surface area contributed by atoms with Crippen molar-refractivity contribution < 1.29 is 20.1 Å². The number of allylic oxidation sites excluding steroid dienone is 7. The highest BCUT2D eigenvalue weighted by atomic mass is 16.3. The van der Waals surface area contributed by atoms with Gasteiger partial charge in [0.15, 0.2) is 0 Å². The molecule has 0 aromatic carbocycles. The van der Waals surface area contributed by atoms with E-state index in [1.54, 1.807) is 6.08 Å². The smallest absolute Gasteiger partial charge is 0.222 e. The van der Waals surface area contributed by atoms with Crippen molar-refractivity contribution in [3.8, 4) is 0 Å². The minimum atomic E-state index is -0.961. The molecular weight excluding hydrogens is 787 g/mol. The first-order valence-electron chi connectivity index (χ1n) is 28.4. The molecule has 3 atom stereocenters. The first-order chi connectivity index (χ1) is 31.5. The van der Waals surface area contributed by atoms with Gasteiger partial charge in [-0.15, -0.1) is 0 Å². The molecule has 0 aliphatic rings. The lowest BCUT2D eigenvalue weighted by atomic mass is 10.0. The Morgan fingerprint density at radius 1 is 0.391 bits per heavy atom. The number of rotatable bonds is 52. The summed E-state index contributed by atoms with van der Waals surface area (Å²) in [5.41, 5.74) is 0. The van der Waals surface area contributed by atoms with Crippen LogP contribution in [0.5, 0.6) is 0 Å². The average Bonchev–Trinajstić information content (AvgIpc) is 3.29. The zero-order valence-electron chi connectivity index (χ0n) is 42.9. The van der Waals surface area contributed by atoms with E-state index in [2.05, 4.69) is 55.6 Å². The normalized spacial score (nSPS) is 13.6. The summed E-state index contributed by atoms with van der Waals surface area (Å²) in [6.45, 7) is 4.22. The van der Waals surface area contributed by atoms with E-state index >= 15 is 0 Å². The van der Waals surface area contributed by atoms with Gasteiger partial charge in [-0.05, 0) is 70.6 Å². The molecule has 0 heterocycles. The Labute approximate surface area is 399 Å². The molecule has 3 unspecified atom stereocenters. The third kappa shape index (κ3) is 49.7. The maximum absolute atomic E-state index is 12.5. The Balaban J connectivity index is 3.61. The number of amides is 1. The van der Waals surface area contributed by atoms with Crippen molar-refractivity contribution in [3.05, 3.63) is 48.6 Å². The van der Waals surface area contributed by atoms with Gasteiger partial charge in [0.1, 0.15) is 0 Å². The zero-order chi connectivity index (χ0) is 46.5. The van der Waals surface area contributed by atoms with Crippen LogP contribution < -0.4 is 5.32 Å². The van der Waals surface area contributed by atoms with Crippen molar-refractivity contribution in [1.29, 1.82) is 0 Å². The monoisotopic (exact) mass is 898 g/mol. The first kappa shape index (κ1) is 62.3. The van der Waals surface area contributed by atoms with E-state index in [1.807, 2.05) is 6.08 Å². The van der Waals surface area contributed by atoms with Gasteiger partial charge in [-0.25, -0.2) is 0 Å². The van der Waals surface area contributed by atoms with Gasteiger partial charge in [-0.2, -0.15) is 0 Å². The minimum absolute atomic E-state index is 0.00246. The summed E-state index contributed by atoms with van der Waals surface area (Å²) in [7, 11) is 0. The van der Waals surface area contributed by atoms with Crippen molar-refractivity contribution >= 4 is 5.91 Å². The molecule has 0 saturated carbocycles. The molecule has 4 N–H and O–H groups in total. The Morgan fingerprint density at radius 3 is 1.00 bits per heavy atom. The second-order valence-electron chi connectivity index (χ2n) is 19.5. The fourth-order valence-corrected chi connectivity index (χ4v) is 8.72. The number of carbonyl (C=O) groups excluding carboxylic acids is 1. The molecule has 5 nitrogen and oxygen atoms in total.